The first-order chi connectivity index (χ1) is 13.0. The molecule has 27 heavy (non-hydrogen) atoms. The van der Waals surface area contributed by atoms with E-state index in [0.29, 0.717) is 17.9 Å². The molecular weight excluding hydrogens is 343 g/mol. The maximum Gasteiger partial charge on any atom is 0.241 e. The lowest BCUT2D eigenvalue weighted by atomic mass is 9.90. The number of amides is 1. The molecule has 0 saturated carbocycles. The van der Waals surface area contributed by atoms with Crippen LogP contribution in [0, 0.1) is 17.7 Å². The van der Waals surface area contributed by atoms with Crippen LogP contribution in [0.25, 0.3) is 0 Å². The standard InChI is InChI=1S/C21H31FN4O/c1-3-19-14(2)20(24-23-19)21(27)26-12-16-6-9-18(26)13-25(11-16)10-15-4-7-17(22)8-5-15/h4-5,7-8,14,16,18-20,23-24H,3,6,9-13H2,1-2H3/t14?,16-,18+,19?,20?/m1/s1. The van der Waals surface area contributed by atoms with Gasteiger partial charge in [-0.05, 0) is 48.8 Å². The van der Waals surface area contributed by atoms with Crippen molar-refractivity contribution in [2.75, 3.05) is 19.6 Å². The van der Waals surface area contributed by atoms with Crippen LogP contribution >= 0.6 is 0 Å². The monoisotopic (exact) mass is 374 g/mol. The number of hydrazine groups is 1. The van der Waals surface area contributed by atoms with Gasteiger partial charge in [-0.15, -0.1) is 0 Å². The molecule has 1 amide bonds. The first kappa shape index (κ1) is 18.8. The van der Waals surface area contributed by atoms with E-state index < -0.39 is 0 Å². The van der Waals surface area contributed by atoms with Crippen molar-refractivity contribution in [2.45, 2.75) is 57.8 Å². The van der Waals surface area contributed by atoms with Gasteiger partial charge in [0.1, 0.15) is 11.9 Å². The number of nitrogens with one attached hydrogen (secondary N) is 2. The van der Waals surface area contributed by atoms with Crippen LogP contribution in [0.5, 0.6) is 0 Å². The van der Waals surface area contributed by atoms with Gasteiger partial charge in [-0.2, -0.15) is 0 Å². The number of carbonyl (C=O) groups excluding carboxylic acids is 1. The summed E-state index contributed by atoms with van der Waals surface area (Å²) in [6.45, 7) is 7.94. The zero-order chi connectivity index (χ0) is 19.0. The molecule has 148 valence electrons. The van der Waals surface area contributed by atoms with E-state index in [1.54, 1.807) is 0 Å². The van der Waals surface area contributed by atoms with Crippen LogP contribution in [0.15, 0.2) is 24.3 Å². The first-order valence-corrected chi connectivity index (χ1v) is 10.3. The summed E-state index contributed by atoms with van der Waals surface area (Å²) in [4.78, 5) is 17.9. The Bertz CT molecular complexity index is 667. The average Bonchev–Trinajstić information content (AvgIpc) is 2.83. The summed E-state index contributed by atoms with van der Waals surface area (Å²) in [6.07, 6.45) is 3.30. The lowest BCUT2D eigenvalue weighted by Gasteiger charge is -2.38. The second-order valence-corrected chi connectivity index (χ2v) is 8.55. The molecule has 5 atom stereocenters. The predicted octanol–water partition coefficient (Wildman–Crippen LogP) is 2.14. The minimum atomic E-state index is -0.191. The highest BCUT2D eigenvalue weighted by molar-refractivity contribution is 5.83. The van der Waals surface area contributed by atoms with Crippen molar-refractivity contribution in [3.05, 3.63) is 35.6 Å². The van der Waals surface area contributed by atoms with Crippen LogP contribution in [-0.4, -0.2) is 53.5 Å². The molecule has 1 aromatic rings. The van der Waals surface area contributed by atoms with Crippen LogP contribution in [0.3, 0.4) is 0 Å². The molecule has 0 radical (unpaired) electrons. The fourth-order valence-electron chi connectivity index (χ4n) is 5.06. The van der Waals surface area contributed by atoms with E-state index in [1.807, 2.05) is 12.1 Å². The highest BCUT2D eigenvalue weighted by atomic mass is 19.1. The summed E-state index contributed by atoms with van der Waals surface area (Å²) in [5.74, 6) is 0.896. The smallest absolute Gasteiger partial charge is 0.241 e. The van der Waals surface area contributed by atoms with Crippen molar-refractivity contribution < 1.29 is 9.18 Å². The van der Waals surface area contributed by atoms with Crippen molar-refractivity contribution in [1.29, 1.82) is 0 Å². The third-order valence-electron chi connectivity index (χ3n) is 6.68. The SMILES string of the molecule is CCC1NNC(C(=O)N2C[C@@H]3CC[C@H]2CN(Cc2ccc(F)cc2)C3)C1C. The van der Waals surface area contributed by atoms with E-state index in [0.717, 1.165) is 44.6 Å². The molecule has 4 fully saturated rings. The Kier molecular flexibility index (Phi) is 5.48. The van der Waals surface area contributed by atoms with Crippen LogP contribution in [0.2, 0.25) is 0 Å². The fourth-order valence-corrected chi connectivity index (χ4v) is 5.06. The van der Waals surface area contributed by atoms with Crippen LogP contribution in [-0.2, 0) is 11.3 Å². The number of nitrogens with zero attached hydrogens (tertiary/aromatic N) is 2. The predicted molar refractivity (Wildman–Crippen MR) is 103 cm³/mol. The minimum absolute atomic E-state index is 0.125. The molecular formula is C21H31FN4O. The molecule has 0 spiro atoms. The highest BCUT2D eigenvalue weighted by Gasteiger charge is 2.43. The number of benzene rings is 1. The number of rotatable bonds is 4. The molecule has 3 unspecified atom stereocenters. The third kappa shape index (κ3) is 3.89. The molecule has 6 heteroatoms. The average molecular weight is 375 g/mol. The molecule has 4 aliphatic rings. The largest absolute Gasteiger partial charge is 0.337 e. The molecule has 2 bridgehead atoms. The Balaban J connectivity index is 1.43. The molecule has 0 aromatic heterocycles. The topological polar surface area (TPSA) is 47.6 Å². The first-order valence-electron chi connectivity index (χ1n) is 10.3. The van der Waals surface area contributed by atoms with Gasteiger partial charge in [-0.25, -0.2) is 9.82 Å². The summed E-state index contributed by atoms with van der Waals surface area (Å²) in [6, 6.07) is 7.31. The Morgan fingerprint density at radius 1 is 1.15 bits per heavy atom. The molecule has 4 saturated heterocycles. The van der Waals surface area contributed by atoms with Crippen LogP contribution in [0.1, 0.15) is 38.7 Å². The molecule has 4 aliphatic heterocycles. The van der Waals surface area contributed by atoms with E-state index in [-0.39, 0.29) is 23.8 Å². The molecule has 5 nitrogen and oxygen atoms in total. The van der Waals surface area contributed by atoms with Gasteiger partial charge in [0.2, 0.25) is 5.91 Å². The normalized spacial score (nSPS) is 34.0. The summed E-state index contributed by atoms with van der Waals surface area (Å²) < 4.78 is 13.2. The van der Waals surface area contributed by atoms with Gasteiger partial charge in [0, 0.05) is 38.3 Å². The number of hydrogen-bond donors (Lipinski definition) is 2. The van der Waals surface area contributed by atoms with Gasteiger partial charge in [-0.3, -0.25) is 15.1 Å². The molecule has 4 heterocycles. The minimum Gasteiger partial charge on any atom is -0.337 e. The van der Waals surface area contributed by atoms with Gasteiger partial charge in [-0.1, -0.05) is 26.0 Å². The zero-order valence-electron chi connectivity index (χ0n) is 16.3. The number of fused-ring (bicyclic) bond motifs is 4. The highest BCUT2D eigenvalue weighted by Crippen LogP contribution is 2.31. The Morgan fingerprint density at radius 2 is 1.93 bits per heavy atom. The summed E-state index contributed by atoms with van der Waals surface area (Å²) >= 11 is 0. The second kappa shape index (κ2) is 7.86. The lowest BCUT2D eigenvalue weighted by Crippen LogP contribution is -2.54. The molecule has 0 aliphatic carbocycles. The van der Waals surface area contributed by atoms with Gasteiger partial charge < -0.3 is 4.90 Å². The van der Waals surface area contributed by atoms with Crippen molar-refractivity contribution in [3.63, 3.8) is 0 Å². The quantitative estimate of drug-likeness (QED) is 0.848. The lowest BCUT2D eigenvalue weighted by molar-refractivity contribution is -0.138. The van der Waals surface area contributed by atoms with Crippen molar-refractivity contribution in [1.82, 2.24) is 20.7 Å². The van der Waals surface area contributed by atoms with Crippen molar-refractivity contribution in [3.8, 4) is 0 Å². The van der Waals surface area contributed by atoms with Gasteiger partial charge in [0.15, 0.2) is 0 Å². The molecule has 5 rings (SSSR count). The Morgan fingerprint density at radius 3 is 2.63 bits per heavy atom. The van der Waals surface area contributed by atoms with Crippen molar-refractivity contribution >= 4 is 5.91 Å². The van der Waals surface area contributed by atoms with E-state index in [1.165, 1.54) is 18.6 Å². The fraction of sp³-hybridized carbons (Fsp3) is 0.667. The molecule has 2 N–H and O–H groups in total. The molecule has 1 aromatic carbocycles. The van der Waals surface area contributed by atoms with E-state index in [2.05, 4.69) is 34.5 Å². The Labute approximate surface area is 161 Å². The van der Waals surface area contributed by atoms with Crippen molar-refractivity contribution in [2.24, 2.45) is 11.8 Å². The number of halogens is 1. The van der Waals surface area contributed by atoms with Crippen LogP contribution < -0.4 is 10.9 Å². The van der Waals surface area contributed by atoms with Gasteiger partial charge in [0.05, 0.1) is 0 Å². The number of hydrogen-bond acceptors (Lipinski definition) is 4. The summed E-state index contributed by atoms with van der Waals surface area (Å²) in [5.41, 5.74) is 7.68. The summed E-state index contributed by atoms with van der Waals surface area (Å²) in [5, 5.41) is 0. The summed E-state index contributed by atoms with van der Waals surface area (Å²) in [7, 11) is 0. The third-order valence-corrected chi connectivity index (χ3v) is 6.68. The van der Waals surface area contributed by atoms with E-state index in [4.69, 9.17) is 0 Å². The van der Waals surface area contributed by atoms with E-state index in [9.17, 15) is 9.18 Å². The van der Waals surface area contributed by atoms with E-state index >= 15 is 0 Å². The maximum absolute atomic E-state index is 13.3. The van der Waals surface area contributed by atoms with Gasteiger partial charge in [0.25, 0.3) is 0 Å². The number of piperidine rings is 1. The Hall–Kier alpha value is -1.50. The van der Waals surface area contributed by atoms with Crippen LogP contribution in [0.4, 0.5) is 4.39 Å². The van der Waals surface area contributed by atoms with Gasteiger partial charge >= 0.3 is 0 Å². The maximum atomic E-state index is 13.3. The number of carbonyl (C=O) groups is 1. The second-order valence-electron chi connectivity index (χ2n) is 8.55. The zero-order valence-corrected chi connectivity index (χ0v) is 16.3.